The molecule has 0 amide bonds. The van der Waals surface area contributed by atoms with Gasteiger partial charge < -0.3 is 16.0 Å². The minimum atomic E-state index is -0.332. The number of aromatic amines is 1. The highest BCUT2D eigenvalue weighted by Gasteiger charge is 2.19. The van der Waals surface area contributed by atoms with Gasteiger partial charge in [-0.3, -0.25) is 13.9 Å². The Morgan fingerprint density at radius 2 is 2.09 bits per heavy atom. The van der Waals surface area contributed by atoms with Crippen LogP contribution in [0.15, 0.2) is 9.59 Å². The smallest absolute Gasteiger partial charge is 0.332 e. The SMILES string of the molecule is CCC(C)n1c(=O)n(CC)c(=O)c2[nH]c(NCCCN)nc21. The van der Waals surface area contributed by atoms with Crippen molar-refractivity contribution in [3.8, 4) is 0 Å². The molecular weight excluding hydrogens is 284 g/mol. The molecule has 0 bridgehead atoms. The van der Waals surface area contributed by atoms with Crippen LogP contribution < -0.4 is 22.3 Å². The molecule has 2 aromatic heterocycles. The summed E-state index contributed by atoms with van der Waals surface area (Å²) in [6, 6.07) is -0.0337. The lowest BCUT2D eigenvalue weighted by Gasteiger charge is -2.15. The average molecular weight is 308 g/mol. The zero-order valence-corrected chi connectivity index (χ0v) is 13.3. The van der Waals surface area contributed by atoms with Crippen molar-refractivity contribution >= 4 is 17.1 Å². The van der Waals surface area contributed by atoms with Crippen molar-refractivity contribution in [2.75, 3.05) is 18.4 Å². The number of fused-ring (bicyclic) bond motifs is 1. The predicted octanol–water partition coefficient (Wildman–Crippen LogP) is 0.638. The van der Waals surface area contributed by atoms with Gasteiger partial charge in [-0.25, -0.2) is 4.79 Å². The minimum absolute atomic E-state index is 0.0337. The summed E-state index contributed by atoms with van der Waals surface area (Å²) >= 11 is 0. The van der Waals surface area contributed by atoms with Crippen LogP contribution in [-0.2, 0) is 6.54 Å². The third-order valence-electron chi connectivity index (χ3n) is 3.83. The third-order valence-corrected chi connectivity index (χ3v) is 3.83. The number of hydrogen-bond donors (Lipinski definition) is 3. The topological polar surface area (TPSA) is 111 Å². The number of H-pyrrole nitrogens is 1. The molecule has 0 aliphatic carbocycles. The first-order valence-corrected chi connectivity index (χ1v) is 7.74. The van der Waals surface area contributed by atoms with E-state index in [-0.39, 0.29) is 17.3 Å². The number of hydrogen-bond acceptors (Lipinski definition) is 5. The monoisotopic (exact) mass is 308 g/mol. The molecule has 0 saturated heterocycles. The van der Waals surface area contributed by atoms with Crippen LogP contribution in [-0.4, -0.2) is 32.2 Å². The Morgan fingerprint density at radius 1 is 1.36 bits per heavy atom. The van der Waals surface area contributed by atoms with Crippen molar-refractivity contribution in [1.29, 1.82) is 0 Å². The molecule has 8 heteroatoms. The van der Waals surface area contributed by atoms with Crippen molar-refractivity contribution in [2.45, 2.75) is 46.2 Å². The zero-order chi connectivity index (χ0) is 16.3. The van der Waals surface area contributed by atoms with E-state index in [0.717, 1.165) is 12.8 Å². The lowest BCUT2D eigenvalue weighted by molar-refractivity contribution is 0.489. The number of imidazole rings is 1. The molecule has 1 unspecified atom stereocenters. The second-order valence-corrected chi connectivity index (χ2v) is 5.31. The summed E-state index contributed by atoms with van der Waals surface area (Å²) in [5, 5.41) is 3.09. The van der Waals surface area contributed by atoms with Gasteiger partial charge in [0.15, 0.2) is 11.2 Å². The Morgan fingerprint density at radius 3 is 2.68 bits per heavy atom. The van der Waals surface area contributed by atoms with Gasteiger partial charge in [-0.2, -0.15) is 4.98 Å². The first kappa shape index (κ1) is 16.3. The molecule has 2 aromatic rings. The number of anilines is 1. The molecule has 2 rings (SSSR count). The quantitative estimate of drug-likeness (QED) is 0.650. The van der Waals surface area contributed by atoms with Crippen molar-refractivity contribution in [1.82, 2.24) is 19.1 Å². The summed E-state index contributed by atoms with van der Waals surface area (Å²) in [5.41, 5.74) is 5.58. The predicted molar refractivity (Wildman–Crippen MR) is 87.5 cm³/mol. The van der Waals surface area contributed by atoms with Gasteiger partial charge in [0.25, 0.3) is 5.56 Å². The van der Waals surface area contributed by atoms with Crippen LogP contribution in [0.2, 0.25) is 0 Å². The summed E-state index contributed by atoms with van der Waals surface area (Å²) < 4.78 is 2.82. The van der Waals surface area contributed by atoms with Crippen molar-refractivity contribution in [3.05, 3.63) is 20.8 Å². The molecule has 0 fully saturated rings. The summed E-state index contributed by atoms with van der Waals surface area (Å²) in [5.74, 6) is 0.492. The Balaban J connectivity index is 2.64. The Hall–Kier alpha value is -2.09. The highest BCUT2D eigenvalue weighted by atomic mass is 16.2. The van der Waals surface area contributed by atoms with Crippen molar-refractivity contribution < 1.29 is 0 Å². The fourth-order valence-corrected chi connectivity index (χ4v) is 2.38. The van der Waals surface area contributed by atoms with Crippen LogP contribution in [0.3, 0.4) is 0 Å². The van der Waals surface area contributed by atoms with Gasteiger partial charge in [-0.1, -0.05) is 6.92 Å². The van der Waals surface area contributed by atoms with Crippen LogP contribution in [0.1, 0.15) is 39.7 Å². The fourth-order valence-electron chi connectivity index (χ4n) is 2.38. The molecule has 8 nitrogen and oxygen atoms in total. The third kappa shape index (κ3) is 2.78. The molecule has 0 aromatic carbocycles. The number of nitrogens with one attached hydrogen (secondary N) is 2. The van der Waals surface area contributed by atoms with Crippen LogP contribution in [0.5, 0.6) is 0 Å². The molecular formula is C14H24N6O2. The molecule has 2 heterocycles. The summed E-state index contributed by atoms with van der Waals surface area (Å²) in [4.78, 5) is 32.3. The van der Waals surface area contributed by atoms with Crippen molar-refractivity contribution in [2.24, 2.45) is 5.73 Å². The first-order valence-electron chi connectivity index (χ1n) is 7.74. The van der Waals surface area contributed by atoms with E-state index >= 15 is 0 Å². The number of aromatic nitrogens is 4. The largest absolute Gasteiger partial charge is 0.356 e. The van der Waals surface area contributed by atoms with E-state index in [1.807, 2.05) is 13.8 Å². The Kier molecular flexibility index (Phi) is 5.02. The van der Waals surface area contributed by atoms with Gasteiger partial charge in [0.05, 0.1) is 0 Å². The van der Waals surface area contributed by atoms with Gasteiger partial charge in [0.1, 0.15) is 0 Å². The molecule has 0 radical (unpaired) electrons. The van der Waals surface area contributed by atoms with Crippen LogP contribution in [0.25, 0.3) is 11.2 Å². The molecule has 4 N–H and O–H groups in total. The van der Waals surface area contributed by atoms with E-state index in [1.54, 1.807) is 11.5 Å². The lowest BCUT2D eigenvalue weighted by Crippen LogP contribution is -2.40. The second kappa shape index (κ2) is 6.78. The van der Waals surface area contributed by atoms with Crippen LogP contribution in [0.4, 0.5) is 5.95 Å². The number of rotatable bonds is 7. The Bertz CT molecular complexity index is 757. The standard InChI is InChI=1S/C14H24N6O2/c1-4-9(3)20-11-10(12(21)19(5-2)14(20)22)17-13(18-11)16-8-6-7-15/h9H,4-8,15H2,1-3H3,(H2,16,17,18). The van der Waals surface area contributed by atoms with Crippen LogP contribution in [0, 0.1) is 0 Å². The molecule has 0 saturated carbocycles. The second-order valence-electron chi connectivity index (χ2n) is 5.31. The van der Waals surface area contributed by atoms with E-state index in [4.69, 9.17) is 5.73 Å². The first-order chi connectivity index (χ1) is 10.5. The summed E-state index contributed by atoms with van der Waals surface area (Å²) in [7, 11) is 0. The Labute approximate surface area is 128 Å². The summed E-state index contributed by atoms with van der Waals surface area (Å²) in [6.07, 6.45) is 1.58. The lowest BCUT2D eigenvalue weighted by atomic mass is 10.2. The molecule has 122 valence electrons. The van der Waals surface area contributed by atoms with Gasteiger partial charge in [0, 0.05) is 19.1 Å². The molecule has 0 spiro atoms. The maximum absolute atomic E-state index is 12.5. The molecule has 22 heavy (non-hydrogen) atoms. The van der Waals surface area contributed by atoms with E-state index in [9.17, 15) is 9.59 Å². The molecule has 0 aliphatic rings. The highest BCUT2D eigenvalue weighted by molar-refractivity contribution is 5.72. The number of nitrogens with two attached hydrogens (primary N) is 1. The van der Waals surface area contributed by atoms with Crippen molar-refractivity contribution in [3.63, 3.8) is 0 Å². The van der Waals surface area contributed by atoms with E-state index in [1.165, 1.54) is 4.57 Å². The van der Waals surface area contributed by atoms with Gasteiger partial charge in [-0.05, 0) is 33.2 Å². The van der Waals surface area contributed by atoms with E-state index < -0.39 is 0 Å². The maximum Gasteiger partial charge on any atom is 0.332 e. The van der Waals surface area contributed by atoms with Gasteiger partial charge in [0.2, 0.25) is 5.95 Å². The molecule has 0 aliphatic heterocycles. The van der Waals surface area contributed by atoms with Gasteiger partial charge in [-0.15, -0.1) is 0 Å². The minimum Gasteiger partial charge on any atom is -0.356 e. The summed E-state index contributed by atoms with van der Waals surface area (Å²) in [6.45, 7) is 7.30. The average Bonchev–Trinajstić information content (AvgIpc) is 2.92. The highest BCUT2D eigenvalue weighted by Crippen LogP contribution is 2.15. The van der Waals surface area contributed by atoms with E-state index in [2.05, 4.69) is 15.3 Å². The van der Waals surface area contributed by atoms with E-state index in [0.29, 0.717) is 36.7 Å². The fraction of sp³-hybridized carbons (Fsp3) is 0.643. The van der Waals surface area contributed by atoms with Gasteiger partial charge >= 0.3 is 5.69 Å². The number of nitrogens with zero attached hydrogens (tertiary/aromatic N) is 3. The maximum atomic E-state index is 12.5. The molecule has 1 atom stereocenters. The van der Waals surface area contributed by atoms with Crippen LogP contribution >= 0.6 is 0 Å². The zero-order valence-electron chi connectivity index (χ0n) is 13.3. The normalized spacial score (nSPS) is 12.7.